The molecule has 2 aliphatic rings. The minimum absolute atomic E-state index is 0.162. The second-order valence-corrected chi connectivity index (χ2v) is 8.19. The van der Waals surface area contributed by atoms with E-state index in [-0.39, 0.29) is 12.0 Å². The number of benzene rings is 2. The molecule has 6 rings (SSSR count). The van der Waals surface area contributed by atoms with E-state index in [4.69, 9.17) is 20.8 Å². The summed E-state index contributed by atoms with van der Waals surface area (Å²) in [6.45, 7) is 0.904. The number of nitrogens with zero attached hydrogens (tertiary/aromatic N) is 5. The van der Waals surface area contributed by atoms with Crippen molar-refractivity contribution in [2.24, 2.45) is 5.10 Å². The maximum atomic E-state index is 14.3. The smallest absolute Gasteiger partial charge is 0.247 e. The molecule has 10 heteroatoms. The third-order valence-corrected chi connectivity index (χ3v) is 6.03. The Morgan fingerprint density at radius 2 is 2.12 bits per heavy atom. The Morgan fingerprint density at radius 3 is 2.97 bits per heavy atom. The summed E-state index contributed by atoms with van der Waals surface area (Å²) in [5, 5.41) is 5.17. The molecule has 1 unspecified atom stereocenters. The zero-order valence-corrected chi connectivity index (χ0v) is 18.3. The first-order valence-corrected chi connectivity index (χ1v) is 10.7. The number of rotatable bonds is 4. The van der Waals surface area contributed by atoms with Crippen LogP contribution in [0.3, 0.4) is 0 Å². The maximum absolute atomic E-state index is 14.3. The molecule has 1 atom stereocenters. The highest BCUT2D eigenvalue weighted by molar-refractivity contribution is 6.31. The Morgan fingerprint density at radius 1 is 1.24 bits per heavy atom. The Bertz CT molecular complexity index is 1400. The number of fused-ring (bicyclic) bond motifs is 5. The van der Waals surface area contributed by atoms with Crippen LogP contribution in [-0.4, -0.2) is 45.2 Å². The SMILES string of the molecule is COCC1NN=C2c3cc(Cl)ccc3-n3cnc(-c4nc(-c5ccccc5F)co4)c3CN21. The number of amidine groups is 1. The molecule has 33 heavy (non-hydrogen) atoms. The molecule has 2 aromatic heterocycles. The van der Waals surface area contributed by atoms with Crippen molar-refractivity contribution in [3.63, 3.8) is 0 Å². The molecule has 2 aromatic carbocycles. The van der Waals surface area contributed by atoms with Crippen LogP contribution in [0.4, 0.5) is 4.39 Å². The number of halogens is 2. The van der Waals surface area contributed by atoms with E-state index in [1.807, 2.05) is 22.8 Å². The fourth-order valence-corrected chi connectivity index (χ4v) is 4.42. The Labute approximate surface area is 193 Å². The molecule has 0 saturated heterocycles. The molecule has 0 aliphatic carbocycles. The molecule has 0 amide bonds. The van der Waals surface area contributed by atoms with Gasteiger partial charge in [0.15, 0.2) is 5.84 Å². The number of oxazole rings is 1. The lowest BCUT2D eigenvalue weighted by molar-refractivity contribution is 0.118. The minimum Gasteiger partial charge on any atom is -0.443 e. The highest BCUT2D eigenvalue weighted by atomic mass is 35.5. The summed E-state index contributed by atoms with van der Waals surface area (Å²) in [5.41, 5.74) is 7.10. The van der Waals surface area contributed by atoms with E-state index in [1.165, 1.54) is 12.3 Å². The van der Waals surface area contributed by atoms with Crippen molar-refractivity contribution in [3.05, 3.63) is 77.2 Å². The van der Waals surface area contributed by atoms with E-state index < -0.39 is 0 Å². The van der Waals surface area contributed by atoms with E-state index in [0.717, 1.165) is 22.8 Å². The van der Waals surface area contributed by atoms with Crippen molar-refractivity contribution in [2.45, 2.75) is 12.7 Å². The van der Waals surface area contributed by atoms with Crippen molar-refractivity contribution in [2.75, 3.05) is 13.7 Å². The van der Waals surface area contributed by atoms with Crippen LogP contribution in [0.2, 0.25) is 5.02 Å². The molecule has 8 nitrogen and oxygen atoms in total. The van der Waals surface area contributed by atoms with Crippen LogP contribution in [0.15, 0.2) is 64.6 Å². The molecule has 2 aliphatic heterocycles. The summed E-state index contributed by atoms with van der Waals surface area (Å²) in [6.07, 6.45) is 3.01. The van der Waals surface area contributed by atoms with Crippen LogP contribution in [0.25, 0.3) is 28.5 Å². The largest absolute Gasteiger partial charge is 0.443 e. The van der Waals surface area contributed by atoms with Gasteiger partial charge in [-0.3, -0.25) is 9.99 Å². The number of ether oxygens (including phenoxy) is 1. The van der Waals surface area contributed by atoms with E-state index in [2.05, 4.69) is 25.4 Å². The highest BCUT2D eigenvalue weighted by Gasteiger charge is 2.36. The number of hydrogen-bond acceptors (Lipinski definition) is 7. The molecule has 0 fully saturated rings. The van der Waals surface area contributed by atoms with Crippen molar-refractivity contribution in [1.82, 2.24) is 24.9 Å². The Hall–Kier alpha value is -3.69. The quantitative estimate of drug-likeness (QED) is 0.491. The monoisotopic (exact) mass is 464 g/mol. The number of methoxy groups -OCH3 is 1. The van der Waals surface area contributed by atoms with Crippen molar-refractivity contribution in [3.8, 4) is 28.5 Å². The number of hydrogen-bond donors (Lipinski definition) is 1. The number of hydrazone groups is 1. The van der Waals surface area contributed by atoms with Crippen molar-refractivity contribution >= 4 is 17.4 Å². The van der Waals surface area contributed by atoms with Crippen LogP contribution in [0, 0.1) is 5.82 Å². The van der Waals surface area contributed by atoms with E-state index in [1.54, 1.807) is 31.6 Å². The summed E-state index contributed by atoms with van der Waals surface area (Å²) in [7, 11) is 1.65. The van der Waals surface area contributed by atoms with Gasteiger partial charge in [-0.05, 0) is 30.3 Å². The van der Waals surface area contributed by atoms with Gasteiger partial charge in [0.1, 0.15) is 36.0 Å². The minimum atomic E-state index is -0.363. The highest BCUT2D eigenvalue weighted by Crippen LogP contribution is 2.35. The normalized spacial score (nSPS) is 16.5. The van der Waals surface area contributed by atoms with Gasteiger partial charge in [0.2, 0.25) is 5.89 Å². The van der Waals surface area contributed by atoms with Crippen LogP contribution in [-0.2, 0) is 11.3 Å². The fourth-order valence-electron chi connectivity index (χ4n) is 4.25. The summed E-state index contributed by atoms with van der Waals surface area (Å²) in [5.74, 6) is 0.718. The fraction of sp³-hybridized carbons (Fsp3) is 0.174. The number of imidazole rings is 1. The van der Waals surface area contributed by atoms with Crippen LogP contribution in [0.1, 0.15) is 11.3 Å². The van der Waals surface area contributed by atoms with Crippen LogP contribution < -0.4 is 5.43 Å². The predicted molar refractivity (Wildman–Crippen MR) is 120 cm³/mol. The molecule has 0 spiro atoms. The molecule has 166 valence electrons. The topological polar surface area (TPSA) is 80.7 Å². The zero-order chi connectivity index (χ0) is 22.5. The average Bonchev–Trinajstić information content (AvgIpc) is 3.53. The van der Waals surface area contributed by atoms with Crippen molar-refractivity contribution < 1.29 is 13.5 Å². The summed E-state index contributed by atoms with van der Waals surface area (Å²) >= 11 is 6.32. The maximum Gasteiger partial charge on any atom is 0.247 e. The zero-order valence-electron chi connectivity index (χ0n) is 17.5. The second kappa shape index (κ2) is 7.72. The molecule has 4 heterocycles. The van der Waals surface area contributed by atoms with E-state index in [9.17, 15) is 4.39 Å². The lowest BCUT2D eigenvalue weighted by Gasteiger charge is -2.25. The van der Waals surface area contributed by atoms with Gasteiger partial charge in [-0.25, -0.2) is 14.4 Å². The second-order valence-electron chi connectivity index (χ2n) is 7.75. The lowest BCUT2D eigenvalue weighted by atomic mass is 10.1. The molecular weight excluding hydrogens is 447 g/mol. The summed E-state index contributed by atoms with van der Waals surface area (Å²) in [6, 6.07) is 12.1. The van der Waals surface area contributed by atoms with Gasteiger partial charge < -0.3 is 14.1 Å². The van der Waals surface area contributed by atoms with Crippen LogP contribution >= 0.6 is 11.6 Å². The van der Waals surface area contributed by atoms with E-state index in [0.29, 0.717) is 41.0 Å². The summed E-state index contributed by atoms with van der Waals surface area (Å²) < 4.78 is 27.4. The van der Waals surface area contributed by atoms with Gasteiger partial charge in [-0.2, -0.15) is 5.10 Å². The van der Waals surface area contributed by atoms with Gasteiger partial charge >= 0.3 is 0 Å². The molecule has 1 N–H and O–H groups in total. The third-order valence-electron chi connectivity index (χ3n) is 5.79. The molecule has 0 bridgehead atoms. The lowest BCUT2D eigenvalue weighted by Crippen LogP contribution is -2.42. The Kier molecular flexibility index (Phi) is 4.67. The van der Waals surface area contributed by atoms with Crippen LogP contribution in [0.5, 0.6) is 0 Å². The first kappa shape index (κ1) is 20.0. The average molecular weight is 465 g/mol. The Balaban J connectivity index is 1.48. The number of nitrogens with one attached hydrogen (secondary N) is 1. The van der Waals surface area contributed by atoms with Gasteiger partial charge in [0.05, 0.1) is 24.5 Å². The number of aromatic nitrogens is 3. The van der Waals surface area contributed by atoms with Gasteiger partial charge in [-0.15, -0.1) is 0 Å². The van der Waals surface area contributed by atoms with Gasteiger partial charge in [0.25, 0.3) is 0 Å². The van der Waals surface area contributed by atoms with E-state index >= 15 is 0 Å². The molecule has 0 saturated carbocycles. The van der Waals surface area contributed by atoms with Crippen molar-refractivity contribution in [1.29, 1.82) is 0 Å². The molecule has 4 aromatic rings. The van der Waals surface area contributed by atoms with Gasteiger partial charge in [-0.1, -0.05) is 23.7 Å². The van der Waals surface area contributed by atoms with Gasteiger partial charge in [0, 0.05) is 23.3 Å². The first-order valence-electron chi connectivity index (χ1n) is 10.3. The molecule has 0 radical (unpaired) electrons. The third kappa shape index (κ3) is 3.20. The summed E-state index contributed by atoms with van der Waals surface area (Å²) in [4.78, 5) is 11.2. The first-order chi connectivity index (χ1) is 16.1. The molecular formula is C23H18ClFN6O2. The standard InChI is InChI=1S/C23H18ClFN6O2/c1-32-11-20-28-29-22-15-8-13(24)6-7-18(15)31-12-26-21(19(31)9-30(20)22)23-27-17(10-33-23)14-4-2-3-5-16(14)25/h2-8,10,12,20,28H,9,11H2,1H3. The predicted octanol–water partition coefficient (Wildman–Crippen LogP) is 4.04.